The van der Waals surface area contributed by atoms with Crippen molar-refractivity contribution in [1.82, 2.24) is 9.62 Å². The molecule has 2 aromatic rings. The second kappa shape index (κ2) is 7.85. The lowest BCUT2D eigenvalue weighted by Gasteiger charge is -2.20. The van der Waals surface area contributed by atoms with Gasteiger partial charge in [-0.2, -0.15) is 4.31 Å². The summed E-state index contributed by atoms with van der Waals surface area (Å²) in [6.07, 6.45) is 2.02. The minimum Gasteiger partial charge on any atom is -0.354 e. The Bertz CT molecular complexity index is 965. The van der Waals surface area contributed by atoms with Crippen LogP contribution in [0.4, 0.5) is 0 Å². The maximum absolute atomic E-state index is 12.6. The van der Waals surface area contributed by atoms with E-state index in [4.69, 9.17) is 0 Å². The molecule has 3 rings (SSSR count). The molecule has 0 radical (unpaired) electrons. The average Bonchev–Trinajstić information content (AvgIpc) is 3.48. The number of ketones is 1. The normalized spacial score (nSPS) is 15.2. The average molecular weight is 401 g/mol. The first kappa shape index (κ1) is 20.2. The zero-order valence-electron chi connectivity index (χ0n) is 16.0. The first-order chi connectivity index (χ1) is 13.2. The van der Waals surface area contributed by atoms with Crippen molar-refractivity contribution in [2.75, 3.05) is 20.1 Å². The van der Waals surface area contributed by atoms with Gasteiger partial charge in [-0.25, -0.2) is 8.42 Å². The molecule has 2 aromatic carbocycles. The number of carbonyl (C=O) groups is 2. The Morgan fingerprint density at radius 3 is 2.18 bits per heavy atom. The van der Waals surface area contributed by atoms with Crippen molar-refractivity contribution in [3.63, 3.8) is 0 Å². The highest BCUT2D eigenvalue weighted by Gasteiger charge is 2.44. The van der Waals surface area contributed by atoms with Gasteiger partial charge in [0.15, 0.2) is 5.78 Å². The zero-order valence-corrected chi connectivity index (χ0v) is 16.8. The van der Waals surface area contributed by atoms with Gasteiger partial charge in [0, 0.05) is 24.6 Å². The molecule has 0 aromatic heterocycles. The van der Waals surface area contributed by atoms with Gasteiger partial charge >= 0.3 is 0 Å². The summed E-state index contributed by atoms with van der Waals surface area (Å²) in [6, 6.07) is 15.7. The van der Waals surface area contributed by atoms with E-state index in [2.05, 4.69) is 17.4 Å². The summed E-state index contributed by atoms with van der Waals surface area (Å²) in [5, 5.41) is 2.87. The van der Waals surface area contributed by atoms with Gasteiger partial charge in [-0.05, 0) is 37.5 Å². The second-order valence-electron chi connectivity index (χ2n) is 7.26. The van der Waals surface area contributed by atoms with Crippen LogP contribution >= 0.6 is 0 Å². The number of likely N-dealkylation sites (N-methyl/N-ethyl adjacent to an activating group) is 1. The molecular formula is C21H24N2O4S. The van der Waals surface area contributed by atoms with Crippen LogP contribution in [0.1, 0.15) is 35.7 Å². The highest BCUT2D eigenvalue weighted by atomic mass is 32.2. The van der Waals surface area contributed by atoms with Gasteiger partial charge in [-0.1, -0.05) is 42.5 Å². The molecule has 1 aliphatic carbocycles. The number of nitrogens with zero attached hydrogens (tertiary/aromatic N) is 1. The number of nitrogens with one attached hydrogen (secondary N) is 1. The molecule has 1 amide bonds. The largest absolute Gasteiger partial charge is 0.354 e. The summed E-state index contributed by atoms with van der Waals surface area (Å²) in [7, 11) is -2.43. The van der Waals surface area contributed by atoms with Gasteiger partial charge in [0.2, 0.25) is 15.9 Å². The maximum Gasteiger partial charge on any atom is 0.243 e. The van der Waals surface area contributed by atoms with E-state index in [-0.39, 0.29) is 28.5 Å². The van der Waals surface area contributed by atoms with E-state index in [1.165, 1.54) is 43.8 Å². The summed E-state index contributed by atoms with van der Waals surface area (Å²) in [4.78, 5) is 23.7. The molecule has 1 aliphatic rings. The van der Waals surface area contributed by atoms with Gasteiger partial charge in [0.1, 0.15) is 0 Å². The quantitative estimate of drug-likeness (QED) is 0.690. The maximum atomic E-state index is 12.6. The number of Topliss-reactive ketones (excluding diaryl/α,β-unsaturated/α-hetero) is 1. The summed E-state index contributed by atoms with van der Waals surface area (Å²) >= 11 is 0. The molecule has 0 atom stereocenters. The molecule has 0 aliphatic heterocycles. The van der Waals surface area contributed by atoms with E-state index in [9.17, 15) is 18.0 Å². The fourth-order valence-electron chi connectivity index (χ4n) is 3.16. The summed E-state index contributed by atoms with van der Waals surface area (Å²) in [6.45, 7) is 1.65. The van der Waals surface area contributed by atoms with Crippen molar-refractivity contribution in [2.45, 2.75) is 30.1 Å². The Kier molecular flexibility index (Phi) is 5.67. The molecule has 1 saturated carbocycles. The lowest BCUT2D eigenvalue weighted by molar-refractivity contribution is -0.121. The van der Waals surface area contributed by atoms with Gasteiger partial charge in [0.05, 0.1) is 11.4 Å². The van der Waals surface area contributed by atoms with Crippen LogP contribution in [0.3, 0.4) is 0 Å². The standard InChI is InChI=1S/C21H24N2O4S/c1-16(24)17-8-10-19(11-9-17)28(26,27)23(2)14-20(25)22-15-21(12-13-21)18-6-4-3-5-7-18/h3-11H,12-15H2,1-2H3,(H,22,25). The van der Waals surface area contributed by atoms with Crippen molar-refractivity contribution in [3.05, 3.63) is 65.7 Å². The lowest BCUT2D eigenvalue weighted by atomic mass is 9.96. The highest BCUT2D eigenvalue weighted by Crippen LogP contribution is 2.47. The first-order valence-electron chi connectivity index (χ1n) is 9.14. The molecule has 7 heteroatoms. The summed E-state index contributed by atoms with van der Waals surface area (Å²) in [5.41, 5.74) is 1.61. The Morgan fingerprint density at radius 1 is 1.04 bits per heavy atom. The third kappa shape index (κ3) is 4.31. The molecule has 28 heavy (non-hydrogen) atoms. The van der Waals surface area contributed by atoms with E-state index in [0.29, 0.717) is 12.1 Å². The van der Waals surface area contributed by atoms with Crippen LogP contribution < -0.4 is 5.32 Å². The van der Waals surface area contributed by atoms with E-state index in [0.717, 1.165) is 17.1 Å². The predicted molar refractivity (Wildman–Crippen MR) is 107 cm³/mol. The van der Waals surface area contributed by atoms with Gasteiger partial charge in [-0.15, -0.1) is 0 Å². The molecule has 0 spiro atoms. The van der Waals surface area contributed by atoms with Crippen molar-refractivity contribution in [2.24, 2.45) is 0 Å². The van der Waals surface area contributed by atoms with Crippen molar-refractivity contribution < 1.29 is 18.0 Å². The van der Waals surface area contributed by atoms with Crippen molar-refractivity contribution in [1.29, 1.82) is 0 Å². The molecule has 6 nitrogen and oxygen atoms in total. The van der Waals surface area contributed by atoms with Crippen LogP contribution in [-0.4, -0.2) is 44.6 Å². The minimum absolute atomic E-state index is 0.0309. The third-order valence-electron chi connectivity index (χ3n) is 5.20. The van der Waals surface area contributed by atoms with Crippen LogP contribution in [0.5, 0.6) is 0 Å². The molecule has 0 unspecified atom stereocenters. The number of carbonyl (C=O) groups excluding carboxylic acids is 2. The van der Waals surface area contributed by atoms with E-state index in [1.807, 2.05) is 18.2 Å². The summed E-state index contributed by atoms with van der Waals surface area (Å²) in [5.74, 6) is -0.474. The molecule has 148 valence electrons. The number of rotatable bonds is 8. The van der Waals surface area contributed by atoms with Crippen LogP contribution in [0.2, 0.25) is 0 Å². The second-order valence-corrected chi connectivity index (χ2v) is 9.31. The van der Waals surface area contributed by atoms with Crippen LogP contribution in [0.25, 0.3) is 0 Å². The Labute approximate surface area is 165 Å². The Balaban J connectivity index is 1.60. The lowest BCUT2D eigenvalue weighted by Crippen LogP contribution is -2.41. The van der Waals surface area contributed by atoms with E-state index >= 15 is 0 Å². The Morgan fingerprint density at radius 2 is 1.64 bits per heavy atom. The van der Waals surface area contributed by atoms with E-state index < -0.39 is 10.0 Å². The number of hydrogen-bond acceptors (Lipinski definition) is 4. The predicted octanol–water partition coefficient (Wildman–Crippen LogP) is 2.36. The molecule has 1 N–H and O–H groups in total. The Hall–Kier alpha value is -2.51. The smallest absolute Gasteiger partial charge is 0.243 e. The molecule has 1 fully saturated rings. The fourth-order valence-corrected chi connectivity index (χ4v) is 4.29. The number of sulfonamides is 1. The van der Waals surface area contributed by atoms with Crippen LogP contribution in [0.15, 0.2) is 59.5 Å². The van der Waals surface area contributed by atoms with Gasteiger partial charge in [-0.3, -0.25) is 9.59 Å². The third-order valence-corrected chi connectivity index (χ3v) is 7.02. The zero-order chi connectivity index (χ0) is 20.4. The molecule has 0 heterocycles. The number of amides is 1. The molecular weight excluding hydrogens is 376 g/mol. The highest BCUT2D eigenvalue weighted by molar-refractivity contribution is 7.89. The van der Waals surface area contributed by atoms with Crippen LogP contribution in [-0.2, 0) is 20.2 Å². The van der Waals surface area contributed by atoms with Crippen molar-refractivity contribution >= 4 is 21.7 Å². The summed E-state index contributed by atoms with van der Waals surface area (Å²) < 4.78 is 26.3. The molecule has 0 saturated heterocycles. The van der Waals surface area contributed by atoms with E-state index in [1.54, 1.807) is 0 Å². The SMILES string of the molecule is CC(=O)c1ccc(S(=O)(=O)N(C)CC(=O)NCC2(c3ccccc3)CC2)cc1. The van der Waals surface area contributed by atoms with Crippen LogP contribution in [0, 0.1) is 0 Å². The number of hydrogen-bond donors (Lipinski definition) is 1. The first-order valence-corrected chi connectivity index (χ1v) is 10.6. The van der Waals surface area contributed by atoms with Crippen molar-refractivity contribution in [3.8, 4) is 0 Å². The fraction of sp³-hybridized carbons (Fsp3) is 0.333. The number of benzene rings is 2. The van der Waals surface area contributed by atoms with Gasteiger partial charge < -0.3 is 5.32 Å². The van der Waals surface area contributed by atoms with Gasteiger partial charge in [0.25, 0.3) is 0 Å². The topological polar surface area (TPSA) is 83.6 Å². The monoisotopic (exact) mass is 400 g/mol. The minimum atomic E-state index is -3.81. The molecule has 0 bridgehead atoms.